The van der Waals surface area contributed by atoms with Gasteiger partial charge in [-0.15, -0.1) is 0 Å². The van der Waals surface area contributed by atoms with E-state index in [1.165, 1.54) is 5.56 Å². The van der Waals surface area contributed by atoms with Gasteiger partial charge in [0.05, 0.1) is 6.54 Å². The SMILES string of the molecule is CC(C)(C)c1cccc(NCC(N)=O)c1. The van der Waals surface area contributed by atoms with E-state index in [9.17, 15) is 4.79 Å². The summed E-state index contributed by atoms with van der Waals surface area (Å²) >= 11 is 0. The van der Waals surface area contributed by atoms with E-state index in [0.717, 1.165) is 5.69 Å². The topological polar surface area (TPSA) is 55.1 Å². The molecule has 0 aliphatic carbocycles. The van der Waals surface area contributed by atoms with Crippen molar-refractivity contribution in [2.45, 2.75) is 26.2 Å². The number of primary amides is 1. The Morgan fingerprint density at radius 1 is 1.40 bits per heavy atom. The van der Waals surface area contributed by atoms with Crippen LogP contribution in [0, 0.1) is 0 Å². The molecule has 82 valence electrons. The number of nitrogens with two attached hydrogens (primary N) is 1. The number of carbonyl (C=O) groups excluding carboxylic acids is 1. The van der Waals surface area contributed by atoms with Crippen molar-refractivity contribution in [3.8, 4) is 0 Å². The molecule has 3 heteroatoms. The van der Waals surface area contributed by atoms with Gasteiger partial charge >= 0.3 is 0 Å². The fraction of sp³-hybridized carbons (Fsp3) is 0.417. The first kappa shape index (κ1) is 11.6. The van der Waals surface area contributed by atoms with Crippen LogP contribution in [0.1, 0.15) is 26.3 Å². The van der Waals surface area contributed by atoms with Crippen LogP contribution in [0.3, 0.4) is 0 Å². The highest BCUT2D eigenvalue weighted by atomic mass is 16.1. The molecule has 0 saturated carbocycles. The van der Waals surface area contributed by atoms with Crippen molar-refractivity contribution >= 4 is 11.6 Å². The van der Waals surface area contributed by atoms with Crippen molar-refractivity contribution in [1.29, 1.82) is 0 Å². The first-order chi connectivity index (χ1) is 6.89. The van der Waals surface area contributed by atoms with Gasteiger partial charge in [0, 0.05) is 5.69 Å². The quantitative estimate of drug-likeness (QED) is 0.793. The highest BCUT2D eigenvalue weighted by molar-refractivity contribution is 5.78. The molecule has 15 heavy (non-hydrogen) atoms. The van der Waals surface area contributed by atoms with Crippen LogP contribution in [0.25, 0.3) is 0 Å². The smallest absolute Gasteiger partial charge is 0.236 e. The number of benzene rings is 1. The molecule has 3 N–H and O–H groups in total. The molecule has 0 fully saturated rings. The van der Waals surface area contributed by atoms with E-state index in [4.69, 9.17) is 5.73 Å². The van der Waals surface area contributed by atoms with E-state index in [1.54, 1.807) is 0 Å². The molecule has 1 amide bonds. The van der Waals surface area contributed by atoms with Crippen LogP contribution in [0.2, 0.25) is 0 Å². The number of carbonyl (C=O) groups is 1. The first-order valence-corrected chi connectivity index (χ1v) is 5.02. The van der Waals surface area contributed by atoms with Crippen molar-refractivity contribution in [3.05, 3.63) is 29.8 Å². The summed E-state index contributed by atoms with van der Waals surface area (Å²) in [5.41, 5.74) is 7.34. The first-order valence-electron chi connectivity index (χ1n) is 5.02. The number of hydrogen-bond donors (Lipinski definition) is 2. The molecular weight excluding hydrogens is 188 g/mol. The van der Waals surface area contributed by atoms with Crippen LogP contribution in [0.15, 0.2) is 24.3 Å². The molecule has 1 aromatic rings. The fourth-order valence-electron chi connectivity index (χ4n) is 1.28. The third kappa shape index (κ3) is 3.62. The zero-order chi connectivity index (χ0) is 11.5. The maximum atomic E-state index is 10.6. The van der Waals surface area contributed by atoms with Crippen LogP contribution in [0.4, 0.5) is 5.69 Å². The predicted octanol–water partition coefficient (Wildman–Crippen LogP) is 1.88. The number of hydrogen-bond acceptors (Lipinski definition) is 2. The van der Waals surface area contributed by atoms with Crippen molar-refractivity contribution in [2.24, 2.45) is 5.73 Å². The van der Waals surface area contributed by atoms with Crippen LogP contribution in [-0.2, 0) is 10.2 Å². The van der Waals surface area contributed by atoms with Crippen LogP contribution in [0.5, 0.6) is 0 Å². The Morgan fingerprint density at radius 2 is 2.07 bits per heavy atom. The van der Waals surface area contributed by atoms with E-state index in [0.29, 0.717) is 0 Å². The largest absolute Gasteiger partial charge is 0.376 e. The monoisotopic (exact) mass is 206 g/mol. The summed E-state index contributed by atoms with van der Waals surface area (Å²) in [6.45, 7) is 6.63. The van der Waals surface area contributed by atoms with E-state index in [-0.39, 0.29) is 17.9 Å². The zero-order valence-electron chi connectivity index (χ0n) is 9.50. The minimum atomic E-state index is -0.351. The summed E-state index contributed by atoms with van der Waals surface area (Å²) in [6.07, 6.45) is 0. The van der Waals surface area contributed by atoms with Gasteiger partial charge in [0.1, 0.15) is 0 Å². The summed E-state index contributed by atoms with van der Waals surface area (Å²) in [6, 6.07) is 8.03. The average Bonchev–Trinajstić information content (AvgIpc) is 2.14. The van der Waals surface area contributed by atoms with Gasteiger partial charge in [-0.1, -0.05) is 32.9 Å². The lowest BCUT2D eigenvalue weighted by molar-refractivity contribution is -0.116. The molecule has 1 aromatic carbocycles. The lowest BCUT2D eigenvalue weighted by Crippen LogP contribution is -2.22. The number of anilines is 1. The molecule has 0 aliphatic rings. The molecule has 1 rings (SSSR count). The second-order valence-electron chi connectivity index (χ2n) is 4.65. The molecule has 0 saturated heterocycles. The molecular formula is C12H18N2O. The molecule has 3 nitrogen and oxygen atoms in total. The lowest BCUT2D eigenvalue weighted by Gasteiger charge is -2.19. The van der Waals surface area contributed by atoms with Crippen molar-refractivity contribution < 1.29 is 4.79 Å². The van der Waals surface area contributed by atoms with Gasteiger partial charge in [-0.25, -0.2) is 0 Å². The number of rotatable bonds is 3. The number of amides is 1. The van der Waals surface area contributed by atoms with E-state index in [2.05, 4.69) is 32.2 Å². The van der Waals surface area contributed by atoms with Crippen molar-refractivity contribution in [3.63, 3.8) is 0 Å². The molecule has 0 bridgehead atoms. The van der Waals surface area contributed by atoms with Gasteiger partial charge in [-0.3, -0.25) is 4.79 Å². The Balaban J connectivity index is 2.79. The molecule has 0 aromatic heterocycles. The van der Waals surface area contributed by atoms with E-state index < -0.39 is 0 Å². The van der Waals surface area contributed by atoms with Crippen LogP contribution < -0.4 is 11.1 Å². The van der Waals surface area contributed by atoms with Gasteiger partial charge < -0.3 is 11.1 Å². The summed E-state index contributed by atoms with van der Waals surface area (Å²) in [5, 5.41) is 2.98. The summed E-state index contributed by atoms with van der Waals surface area (Å²) in [4.78, 5) is 10.6. The third-order valence-electron chi connectivity index (χ3n) is 2.20. The molecule has 0 radical (unpaired) electrons. The number of nitrogens with one attached hydrogen (secondary N) is 1. The predicted molar refractivity (Wildman–Crippen MR) is 62.8 cm³/mol. The van der Waals surface area contributed by atoms with Gasteiger partial charge in [-0.2, -0.15) is 0 Å². The summed E-state index contributed by atoms with van der Waals surface area (Å²) < 4.78 is 0. The Kier molecular flexibility index (Phi) is 3.35. The highest BCUT2D eigenvalue weighted by Crippen LogP contribution is 2.24. The maximum absolute atomic E-state index is 10.6. The van der Waals surface area contributed by atoms with Gasteiger partial charge in [0.2, 0.25) is 5.91 Å². The molecule has 0 heterocycles. The van der Waals surface area contributed by atoms with Crippen LogP contribution >= 0.6 is 0 Å². The van der Waals surface area contributed by atoms with Gasteiger partial charge in [0.25, 0.3) is 0 Å². The zero-order valence-corrected chi connectivity index (χ0v) is 9.50. The lowest BCUT2D eigenvalue weighted by atomic mass is 9.87. The van der Waals surface area contributed by atoms with Crippen LogP contribution in [-0.4, -0.2) is 12.5 Å². The van der Waals surface area contributed by atoms with E-state index in [1.807, 2.05) is 18.2 Å². The summed E-state index contributed by atoms with van der Waals surface area (Å²) in [7, 11) is 0. The second kappa shape index (κ2) is 4.34. The molecule has 0 spiro atoms. The Morgan fingerprint density at radius 3 is 2.60 bits per heavy atom. The minimum absolute atomic E-state index is 0.115. The normalized spacial score (nSPS) is 11.1. The Bertz CT molecular complexity index is 353. The Hall–Kier alpha value is -1.51. The maximum Gasteiger partial charge on any atom is 0.236 e. The summed E-state index contributed by atoms with van der Waals surface area (Å²) in [5.74, 6) is -0.351. The van der Waals surface area contributed by atoms with Gasteiger partial charge in [0.15, 0.2) is 0 Å². The highest BCUT2D eigenvalue weighted by Gasteiger charge is 2.13. The molecule has 0 unspecified atom stereocenters. The Labute approximate surface area is 90.7 Å². The average molecular weight is 206 g/mol. The van der Waals surface area contributed by atoms with E-state index >= 15 is 0 Å². The van der Waals surface area contributed by atoms with Crippen molar-refractivity contribution in [1.82, 2.24) is 0 Å². The third-order valence-corrected chi connectivity index (χ3v) is 2.20. The minimum Gasteiger partial charge on any atom is -0.376 e. The van der Waals surface area contributed by atoms with Crippen molar-refractivity contribution in [2.75, 3.05) is 11.9 Å². The second-order valence-corrected chi connectivity index (χ2v) is 4.65. The van der Waals surface area contributed by atoms with Gasteiger partial charge in [-0.05, 0) is 23.1 Å². The fourth-order valence-corrected chi connectivity index (χ4v) is 1.28. The molecule has 0 atom stereocenters. The standard InChI is InChI=1S/C12H18N2O/c1-12(2,3)9-5-4-6-10(7-9)14-8-11(13)15/h4-7,14H,8H2,1-3H3,(H2,13,15). The molecule has 0 aliphatic heterocycles.